The molecule has 6 nitrogen and oxygen atoms in total. The van der Waals surface area contributed by atoms with Crippen LogP contribution in [0.15, 0.2) is 30.5 Å². The van der Waals surface area contributed by atoms with E-state index in [1.54, 1.807) is 10.9 Å². The Labute approximate surface area is 148 Å². The third-order valence-electron chi connectivity index (χ3n) is 5.51. The van der Waals surface area contributed by atoms with E-state index in [0.29, 0.717) is 11.7 Å². The van der Waals surface area contributed by atoms with Gasteiger partial charge in [-0.25, -0.2) is 0 Å². The standard InChI is InChI=1S/C19H25N5O/c1-2-24-14-18(20-21-24)19(25)22-11-8-17(9-12-22)23-10-7-15-5-3-4-6-16(15)13-23/h3-6,14,17H,2,7-13H2,1H3. The molecular weight excluding hydrogens is 314 g/mol. The Morgan fingerprint density at radius 1 is 1.16 bits per heavy atom. The minimum absolute atomic E-state index is 0.0159. The lowest BCUT2D eigenvalue weighted by Crippen LogP contribution is -2.48. The number of piperidine rings is 1. The lowest BCUT2D eigenvalue weighted by Gasteiger charge is -2.40. The van der Waals surface area contributed by atoms with E-state index in [9.17, 15) is 4.79 Å². The highest BCUT2D eigenvalue weighted by atomic mass is 16.2. The zero-order valence-corrected chi connectivity index (χ0v) is 14.8. The van der Waals surface area contributed by atoms with E-state index in [4.69, 9.17) is 0 Å². The van der Waals surface area contributed by atoms with Gasteiger partial charge in [0.15, 0.2) is 5.69 Å². The minimum Gasteiger partial charge on any atom is -0.337 e. The molecule has 6 heteroatoms. The number of hydrogen-bond donors (Lipinski definition) is 0. The number of hydrogen-bond acceptors (Lipinski definition) is 4. The number of benzene rings is 1. The second-order valence-electron chi connectivity index (χ2n) is 6.97. The second kappa shape index (κ2) is 6.96. The molecule has 1 aromatic heterocycles. The molecule has 2 aliphatic heterocycles. The van der Waals surface area contributed by atoms with Crippen LogP contribution in [0.1, 0.15) is 41.4 Å². The first-order valence-corrected chi connectivity index (χ1v) is 9.25. The molecule has 0 atom stereocenters. The van der Waals surface area contributed by atoms with Gasteiger partial charge in [0.05, 0.1) is 6.20 Å². The quantitative estimate of drug-likeness (QED) is 0.858. The number of amides is 1. The van der Waals surface area contributed by atoms with Crippen molar-refractivity contribution in [2.75, 3.05) is 19.6 Å². The fourth-order valence-corrected chi connectivity index (χ4v) is 3.98. The molecule has 132 valence electrons. The molecule has 3 heterocycles. The maximum Gasteiger partial charge on any atom is 0.276 e. The number of aromatic nitrogens is 3. The van der Waals surface area contributed by atoms with E-state index in [1.807, 2.05) is 11.8 Å². The molecule has 0 bridgehead atoms. The summed E-state index contributed by atoms with van der Waals surface area (Å²) in [5, 5.41) is 7.98. The third kappa shape index (κ3) is 3.31. The molecular formula is C19H25N5O. The summed E-state index contributed by atoms with van der Waals surface area (Å²) in [7, 11) is 0. The van der Waals surface area contributed by atoms with Crippen molar-refractivity contribution in [1.29, 1.82) is 0 Å². The SMILES string of the molecule is CCn1cc(C(=O)N2CCC(N3CCc4ccccc4C3)CC2)nn1. The van der Waals surface area contributed by atoms with Crippen LogP contribution in [0.25, 0.3) is 0 Å². The topological polar surface area (TPSA) is 54.3 Å². The average molecular weight is 339 g/mol. The van der Waals surface area contributed by atoms with E-state index in [0.717, 1.165) is 52.0 Å². The fourth-order valence-electron chi connectivity index (χ4n) is 3.98. The van der Waals surface area contributed by atoms with Crippen LogP contribution in [0, 0.1) is 0 Å². The van der Waals surface area contributed by atoms with Crippen LogP contribution in [0.4, 0.5) is 0 Å². The van der Waals surface area contributed by atoms with Crippen LogP contribution in [0.2, 0.25) is 0 Å². The Morgan fingerprint density at radius 2 is 1.92 bits per heavy atom. The van der Waals surface area contributed by atoms with Gasteiger partial charge < -0.3 is 4.90 Å². The molecule has 0 aliphatic carbocycles. The van der Waals surface area contributed by atoms with Gasteiger partial charge in [-0.1, -0.05) is 29.5 Å². The molecule has 4 rings (SSSR count). The molecule has 0 spiro atoms. The molecule has 2 aromatic rings. The fraction of sp³-hybridized carbons (Fsp3) is 0.526. The molecule has 1 fully saturated rings. The highest BCUT2D eigenvalue weighted by Crippen LogP contribution is 2.25. The summed E-state index contributed by atoms with van der Waals surface area (Å²) in [4.78, 5) is 17.1. The molecule has 0 saturated carbocycles. The Morgan fingerprint density at radius 3 is 2.64 bits per heavy atom. The summed E-state index contributed by atoms with van der Waals surface area (Å²) in [6.07, 6.45) is 4.96. The van der Waals surface area contributed by atoms with Crippen LogP contribution in [0.5, 0.6) is 0 Å². The molecule has 1 aromatic carbocycles. The first-order chi connectivity index (χ1) is 12.2. The van der Waals surface area contributed by atoms with Gasteiger partial charge in [-0.05, 0) is 37.3 Å². The Balaban J connectivity index is 1.35. The van der Waals surface area contributed by atoms with E-state index in [1.165, 1.54) is 11.1 Å². The molecule has 2 aliphatic rings. The maximum absolute atomic E-state index is 12.6. The number of fused-ring (bicyclic) bond motifs is 1. The van der Waals surface area contributed by atoms with Gasteiger partial charge in [0.25, 0.3) is 5.91 Å². The zero-order chi connectivity index (χ0) is 17.2. The molecule has 1 saturated heterocycles. The van der Waals surface area contributed by atoms with Crippen molar-refractivity contribution in [2.24, 2.45) is 0 Å². The third-order valence-corrected chi connectivity index (χ3v) is 5.51. The summed E-state index contributed by atoms with van der Waals surface area (Å²) < 4.78 is 1.70. The highest BCUT2D eigenvalue weighted by Gasteiger charge is 2.30. The van der Waals surface area contributed by atoms with Crippen LogP contribution in [-0.2, 0) is 19.5 Å². The van der Waals surface area contributed by atoms with E-state index >= 15 is 0 Å². The smallest absolute Gasteiger partial charge is 0.276 e. The van der Waals surface area contributed by atoms with Crippen molar-refractivity contribution in [3.05, 3.63) is 47.3 Å². The van der Waals surface area contributed by atoms with Gasteiger partial charge in [0, 0.05) is 38.8 Å². The van der Waals surface area contributed by atoms with Crippen LogP contribution < -0.4 is 0 Å². The summed E-state index contributed by atoms with van der Waals surface area (Å²) in [6.45, 7) is 6.51. The highest BCUT2D eigenvalue weighted by molar-refractivity contribution is 5.92. The van der Waals surface area contributed by atoms with Gasteiger partial charge in [0.1, 0.15) is 0 Å². The van der Waals surface area contributed by atoms with Crippen LogP contribution in [-0.4, -0.2) is 56.4 Å². The largest absolute Gasteiger partial charge is 0.337 e. The summed E-state index contributed by atoms with van der Waals surface area (Å²) >= 11 is 0. The average Bonchev–Trinajstić information content (AvgIpc) is 3.16. The lowest BCUT2D eigenvalue weighted by molar-refractivity contribution is 0.0594. The van der Waals surface area contributed by atoms with Crippen molar-refractivity contribution < 1.29 is 4.79 Å². The Bertz CT molecular complexity index is 748. The summed E-state index contributed by atoms with van der Waals surface area (Å²) in [6, 6.07) is 9.33. The number of aryl methyl sites for hydroxylation is 1. The monoisotopic (exact) mass is 339 g/mol. The van der Waals surface area contributed by atoms with E-state index in [-0.39, 0.29) is 5.91 Å². The van der Waals surface area contributed by atoms with Gasteiger partial charge in [-0.3, -0.25) is 14.4 Å². The maximum atomic E-state index is 12.6. The predicted octanol–water partition coefficient (Wildman–Crippen LogP) is 1.96. The van der Waals surface area contributed by atoms with Gasteiger partial charge in [-0.2, -0.15) is 0 Å². The number of carbonyl (C=O) groups is 1. The normalized spacial score (nSPS) is 19.0. The van der Waals surface area contributed by atoms with Crippen molar-refractivity contribution >= 4 is 5.91 Å². The molecule has 1 amide bonds. The van der Waals surface area contributed by atoms with Crippen molar-refractivity contribution in [1.82, 2.24) is 24.8 Å². The Kier molecular flexibility index (Phi) is 4.53. The number of carbonyl (C=O) groups excluding carboxylic acids is 1. The number of likely N-dealkylation sites (tertiary alicyclic amines) is 1. The molecule has 0 N–H and O–H groups in total. The first kappa shape index (κ1) is 16.3. The van der Waals surface area contributed by atoms with Gasteiger partial charge in [-0.15, -0.1) is 5.10 Å². The van der Waals surface area contributed by atoms with Gasteiger partial charge >= 0.3 is 0 Å². The summed E-state index contributed by atoms with van der Waals surface area (Å²) in [5.74, 6) is 0.0159. The van der Waals surface area contributed by atoms with Crippen LogP contribution in [0.3, 0.4) is 0 Å². The van der Waals surface area contributed by atoms with Gasteiger partial charge in [0.2, 0.25) is 0 Å². The lowest BCUT2D eigenvalue weighted by atomic mass is 9.95. The second-order valence-corrected chi connectivity index (χ2v) is 6.97. The van der Waals surface area contributed by atoms with Crippen molar-refractivity contribution in [3.8, 4) is 0 Å². The van der Waals surface area contributed by atoms with E-state index in [2.05, 4.69) is 39.5 Å². The molecule has 0 radical (unpaired) electrons. The molecule has 25 heavy (non-hydrogen) atoms. The number of nitrogens with zero attached hydrogens (tertiary/aromatic N) is 5. The first-order valence-electron chi connectivity index (χ1n) is 9.25. The predicted molar refractivity (Wildman–Crippen MR) is 95.2 cm³/mol. The number of rotatable bonds is 3. The van der Waals surface area contributed by atoms with Crippen LogP contribution >= 0.6 is 0 Å². The van der Waals surface area contributed by atoms with E-state index < -0.39 is 0 Å². The summed E-state index contributed by atoms with van der Waals surface area (Å²) in [5.41, 5.74) is 3.42. The van der Waals surface area contributed by atoms with Crippen molar-refractivity contribution in [2.45, 2.75) is 45.3 Å². The zero-order valence-electron chi connectivity index (χ0n) is 14.8. The van der Waals surface area contributed by atoms with Crippen molar-refractivity contribution in [3.63, 3.8) is 0 Å². The Hall–Kier alpha value is -2.21. The molecule has 0 unspecified atom stereocenters. The minimum atomic E-state index is 0.0159.